The third-order valence-electron chi connectivity index (χ3n) is 8.49. The lowest BCUT2D eigenvalue weighted by molar-refractivity contribution is -0.310. The Morgan fingerprint density at radius 2 is 1.02 bits per heavy atom. The molecule has 16 N–H and O–H groups in total. The fourth-order valence-corrected chi connectivity index (χ4v) is 5.84. The fourth-order valence-electron chi connectivity index (χ4n) is 5.84. The molecule has 3 heterocycles. The van der Waals surface area contributed by atoms with Gasteiger partial charge in [0.15, 0.2) is 18.9 Å². The Labute approximate surface area is 242 Å². The first kappa shape index (κ1) is 34.2. The monoisotopic (exact) mass is 614 g/mol. The normalized spacial score (nSPS) is 53.8. The Balaban J connectivity index is 1.50. The average molecular weight is 615 g/mol. The van der Waals surface area contributed by atoms with Gasteiger partial charge in [-0.15, -0.1) is 0 Å². The molecule has 3 aliphatic heterocycles. The molecule has 42 heavy (non-hydrogen) atoms. The van der Waals surface area contributed by atoms with Crippen LogP contribution in [0.5, 0.6) is 0 Å². The molecule has 1 saturated carbocycles. The van der Waals surface area contributed by atoms with Crippen molar-refractivity contribution in [1.82, 2.24) is 0 Å². The van der Waals surface area contributed by atoms with Gasteiger partial charge in [0.25, 0.3) is 0 Å². The molecule has 0 radical (unpaired) electrons. The highest BCUT2D eigenvalue weighted by atomic mass is 16.8. The fraction of sp³-hybridized carbons (Fsp3) is 1.00. The SMILES string of the molecule is CC[C@@H]1O[C@H](O[C@H]2[C@@H](O)[C@H](O[C@@H]3[C@@H](O)[C@H](N)C[C@H](N)[C@H]3O[C@H]3O[C@H](CO)[C@@H](O)[C@H](O)[C@H]3N)O[C@@H]2CO)[C@H](N)[C@@H](O)[C@@H]1O. The maximum atomic E-state index is 11.1. The molecule has 4 aliphatic rings. The topological polar surface area (TPSA) is 321 Å². The molecule has 0 aromatic carbocycles. The van der Waals surface area contributed by atoms with E-state index in [1.165, 1.54) is 0 Å². The van der Waals surface area contributed by atoms with E-state index in [1.807, 2.05) is 0 Å². The van der Waals surface area contributed by atoms with Crippen molar-refractivity contribution in [3.05, 3.63) is 0 Å². The van der Waals surface area contributed by atoms with Crippen LogP contribution in [0.3, 0.4) is 0 Å². The molecule has 4 rings (SSSR count). The number of rotatable bonds is 9. The van der Waals surface area contributed by atoms with Crippen molar-refractivity contribution >= 4 is 0 Å². The number of ether oxygens (including phenoxy) is 6. The van der Waals surface area contributed by atoms with Crippen LogP contribution in [-0.4, -0.2) is 170 Å². The molecular weight excluding hydrogens is 568 g/mol. The van der Waals surface area contributed by atoms with E-state index in [2.05, 4.69) is 0 Å². The summed E-state index contributed by atoms with van der Waals surface area (Å²) in [5, 5.41) is 82.5. The summed E-state index contributed by atoms with van der Waals surface area (Å²) in [6.45, 7) is 0.444. The molecule has 0 amide bonds. The molecule has 18 heteroatoms. The van der Waals surface area contributed by atoms with E-state index in [0.29, 0.717) is 6.42 Å². The van der Waals surface area contributed by atoms with Gasteiger partial charge in [-0.05, 0) is 12.8 Å². The van der Waals surface area contributed by atoms with Gasteiger partial charge >= 0.3 is 0 Å². The lowest BCUT2D eigenvalue weighted by Gasteiger charge is -2.47. The van der Waals surface area contributed by atoms with Crippen molar-refractivity contribution in [2.75, 3.05) is 13.2 Å². The highest BCUT2D eigenvalue weighted by Gasteiger charge is 2.54. The summed E-state index contributed by atoms with van der Waals surface area (Å²) in [6.07, 6.45) is -19.5. The second kappa shape index (κ2) is 14.1. The summed E-state index contributed by atoms with van der Waals surface area (Å²) in [7, 11) is 0. The zero-order valence-corrected chi connectivity index (χ0v) is 23.1. The molecule has 1 aliphatic carbocycles. The lowest BCUT2D eigenvalue weighted by atomic mass is 9.84. The van der Waals surface area contributed by atoms with Gasteiger partial charge in [-0.1, -0.05) is 6.92 Å². The molecule has 19 atom stereocenters. The van der Waals surface area contributed by atoms with Crippen LogP contribution < -0.4 is 22.9 Å². The van der Waals surface area contributed by atoms with Gasteiger partial charge in [-0.2, -0.15) is 0 Å². The second-order valence-electron chi connectivity index (χ2n) is 11.4. The quantitative estimate of drug-likeness (QED) is 0.115. The number of nitrogens with two attached hydrogens (primary N) is 4. The van der Waals surface area contributed by atoms with Crippen LogP contribution in [0.1, 0.15) is 19.8 Å². The first-order valence-electron chi connectivity index (χ1n) is 14.1. The summed E-state index contributed by atoms with van der Waals surface area (Å²) in [5.41, 5.74) is 24.4. The van der Waals surface area contributed by atoms with E-state index in [0.717, 1.165) is 0 Å². The standard InChI is InChI=1S/C24H46N4O14/c1-2-8-14(32)16(34)11(27)22(37-8)41-20-10(5-30)39-24(18(20)36)42-21-13(31)6(25)3-7(26)19(21)40-23-12(28)17(35)15(33)9(4-29)38-23/h6-24,29-36H,2-5,25-28H2,1H3/t6-,7+,8+,9-,10-,11-,12-,13+,14-,15-,16-,17-,18-,19-,20-,21-,22-,23-,24+/m1/s1. The number of hydrogen-bond donors (Lipinski definition) is 12. The Kier molecular flexibility index (Phi) is 11.5. The number of aliphatic hydroxyl groups is 8. The van der Waals surface area contributed by atoms with Crippen LogP contribution in [-0.2, 0) is 28.4 Å². The van der Waals surface area contributed by atoms with Gasteiger partial charge in [0.2, 0.25) is 0 Å². The van der Waals surface area contributed by atoms with Gasteiger partial charge in [0, 0.05) is 12.1 Å². The van der Waals surface area contributed by atoms with Gasteiger partial charge in [0.05, 0.1) is 37.5 Å². The van der Waals surface area contributed by atoms with E-state index >= 15 is 0 Å². The van der Waals surface area contributed by atoms with Crippen molar-refractivity contribution in [3.63, 3.8) is 0 Å². The van der Waals surface area contributed by atoms with Crippen molar-refractivity contribution in [1.29, 1.82) is 0 Å². The molecule has 4 fully saturated rings. The number of hydrogen-bond acceptors (Lipinski definition) is 18. The van der Waals surface area contributed by atoms with Crippen LogP contribution in [0.25, 0.3) is 0 Å². The predicted octanol–water partition coefficient (Wildman–Crippen LogP) is -7.41. The predicted molar refractivity (Wildman–Crippen MR) is 138 cm³/mol. The third-order valence-corrected chi connectivity index (χ3v) is 8.49. The van der Waals surface area contributed by atoms with Crippen molar-refractivity contribution in [2.24, 2.45) is 22.9 Å². The third kappa shape index (κ3) is 6.62. The molecule has 18 nitrogen and oxygen atoms in total. The zero-order chi connectivity index (χ0) is 31.0. The Morgan fingerprint density at radius 1 is 0.548 bits per heavy atom. The van der Waals surface area contributed by atoms with Gasteiger partial charge in [0.1, 0.15) is 61.0 Å². The van der Waals surface area contributed by atoms with Gasteiger partial charge in [-0.25, -0.2) is 0 Å². The van der Waals surface area contributed by atoms with Crippen LogP contribution >= 0.6 is 0 Å². The maximum Gasteiger partial charge on any atom is 0.187 e. The second-order valence-corrected chi connectivity index (χ2v) is 11.4. The molecule has 246 valence electrons. The van der Waals surface area contributed by atoms with E-state index < -0.39 is 129 Å². The minimum atomic E-state index is -1.59. The molecule has 0 unspecified atom stereocenters. The van der Waals surface area contributed by atoms with E-state index in [9.17, 15) is 40.9 Å². The lowest BCUT2D eigenvalue weighted by Crippen LogP contribution is -2.68. The molecule has 0 bridgehead atoms. The van der Waals surface area contributed by atoms with E-state index in [-0.39, 0.29) is 6.42 Å². The van der Waals surface area contributed by atoms with Crippen molar-refractivity contribution in [2.45, 2.75) is 136 Å². The average Bonchev–Trinajstić information content (AvgIpc) is 3.27. The highest BCUT2D eigenvalue weighted by molar-refractivity contribution is 5.02. The summed E-state index contributed by atoms with van der Waals surface area (Å²) in [4.78, 5) is 0. The maximum absolute atomic E-state index is 11.1. The molecule has 0 aromatic heterocycles. The molecular formula is C24H46N4O14. The van der Waals surface area contributed by atoms with Crippen molar-refractivity contribution in [3.8, 4) is 0 Å². The first-order chi connectivity index (χ1) is 19.8. The first-order valence-corrected chi connectivity index (χ1v) is 14.1. The molecule has 0 aromatic rings. The van der Waals surface area contributed by atoms with Crippen LogP contribution in [0.4, 0.5) is 0 Å². The van der Waals surface area contributed by atoms with Crippen LogP contribution in [0.15, 0.2) is 0 Å². The minimum Gasteiger partial charge on any atom is -0.394 e. The van der Waals surface area contributed by atoms with Crippen LogP contribution in [0.2, 0.25) is 0 Å². The summed E-state index contributed by atoms with van der Waals surface area (Å²) >= 11 is 0. The zero-order valence-electron chi connectivity index (χ0n) is 23.1. The van der Waals surface area contributed by atoms with Gasteiger partial charge < -0.3 is 92.2 Å². The van der Waals surface area contributed by atoms with Crippen molar-refractivity contribution < 1.29 is 69.3 Å². The Hall–Kier alpha value is -0.720. The Bertz CT molecular complexity index is 864. The van der Waals surface area contributed by atoms with Crippen LogP contribution in [0, 0.1) is 0 Å². The minimum absolute atomic E-state index is 0.0744. The molecule has 0 spiro atoms. The van der Waals surface area contributed by atoms with E-state index in [4.69, 9.17) is 51.4 Å². The summed E-state index contributed by atoms with van der Waals surface area (Å²) in [6, 6.07) is -4.21. The number of aliphatic hydroxyl groups excluding tert-OH is 8. The largest absolute Gasteiger partial charge is 0.394 e. The smallest absolute Gasteiger partial charge is 0.187 e. The summed E-state index contributed by atoms with van der Waals surface area (Å²) in [5.74, 6) is 0. The highest BCUT2D eigenvalue weighted by Crippen LogP contribution is 2.34. The van der Waals surface area contributed by atoms with E-state index in [1.54, 1.807) is 6.92 Å². The molecule has 3 saturated heterocycles. The summed E-state index contributed by atoms with van der Waals surface area (Å²) < 4.78 is 34.7. The van der Waals surface area contributed by atoms with Gasteiger partial charge in [-0.3, -0.25) is 0 Å². The Morgan fingerprint density at radius 3 is 1.57 bits per heavy atom.